The molecule has 1 saturated heterocycles. The fraction of sp³-hybridized carbons (Fsp3) is 0.333. The van der Waals surface area contributed by atoms with Gasteiger partial charge in [-0.15, -0.1) is 0 Å². The van der Waals surface area contributed by atoms with E-state index in [1.807, 2.05) is 6.07 Å². The number of ether oxygens (including phenoxy) is 1. The number of para-hydroxylation sites is 1. The Hall–Kier alpha value is -2.90. The molecule has 0 radical (unpaired) electrons. The molecule has 1 aliphatic rings. The standard InChI is InChI=1S/C21H24N6O/c1-26-8-10-27(11-9-26)15-6-7-17-18(12-15)23-21(22-17)20-16-5-3-4-14(13-28-2)19(16)24-25-20/h3-7,12H,8-11,13H2,1-2H3,(H,22,23)(H,24,25). The molecule has 2 N–H and O–H groups in total. The fourth-order valence-electron chi connectivity index (χ4n) is 3.93. The summed E-state index contributed by atoms with van der Waals surface area (Å²) in [7, 11) is 3.88. The highest BCUT2D eigenvalue weighted by molar-refractivity contribution is 5.95. The first kappa shape index (κ1) is 17.2. The number of hydrogen-bond acceptors (Lipinski definition) is 5. The Bertz CT molecular complexity index is 1120. The van der Waals surface area contributed by atoms with E-state index in [1.165, 1.54) is 5.69 Å². The number of fused-ring (bicyclic) bond motifs is 2. The van der Waals surface area contributed by atoms with Gasteiger partial charge in [-0.1, -0.05) is 18.2 Å². The van der Waals surface area contributed by atoms with Crippen molar-refractivity contribution in [2.45, 2.75) is 6.61 Å². The average Bonchev–Trinajstić information content (AvgIpc) is 3.32. The second kappa shape index (κ2) is 6.92. The number of H-pyrrole nitrogens is 2. The number of nitrogens with zero attached hydrogens (tertiary/aromatic N) is 4. The SMILES string of the molecule is COCc1cccc2c(-c3nc4ccc(N5CCN(C)CC5)cc4[nH]3)n[nH]c12. The molecule has 2 aromatic heterocycles. The molecular weight excluding hydrogens is 352 g/mol. The van der Waals surface area contributed by atoms with E-state index in [9.17, 15) is 0 Å². The maximum Gasteiger partial charge on any atom is 0.159 e. The largest absolute Gasteiger partial charge is 0.380 e. The van der Waals surface area contributed by atoms with Crippen molar-refractivity contribution in [1.29, 1.82) is 0 Å². The number of likely N-dealkylation sites (N-methyl/N-ethyl adjacent to an activating group) is 1. The second-order valence-electron chi connectivity index (χ2n) is 7.42. The normalized spacial score (nSPS) is 15.7. The van der Waals surface area contributed by atoms with Crippen molar-refractivity contribution in [3.05, 3.63) is 42.0 Å². The molecule has 0 atom stereocenters. The summed E-state index contributed by atoms with van der Waals surface area (Å²) in [5, 5.41) is 8.73. The third kappa shape index (κ3) is 2.93. The third-order valence-electron chi connectivity index (χ3n) is 5.54. The lowest BCUT2D eigenvalue weighted by atomic mass is 10.1. The molecule has 3 heterocycles. The van der Waals surface area contributed by atoms with Crippen molar-refractivity contribution >= 4 is 27.6 Å². The summed E-state index contributed by atoms with van der Waals surface area (Å²) in [6.45, 7) is 4.84. The van der Waals surface area contributed by atoms with Crippen LogP contribution in [-0.4, -0.2) is 65.4 Å². The topological polar surface area (TPSA) is 73.1 Å². The quantitative estimate of drug-likeness (QED) is 0.573. The molecule has 7 nitrogen and oxygen atoms in total. The minimum absolute atomic E-state index is 0.549. The van der Waals surface area contributed by atoms with E-state index in [-0.39, 0.29) is 0 Å². The van der Waals surface area contributed by atoms with Crippen molar-refractivity contribution in [3.8, 4) is 11.5 Å². The maximum atomic E-state index is 5.30. The molecule has 0 saturated carbocycles. The fourth-order valence-corrected chi connectivity index (χ4v) is 3.93. The van der Waals surface area contributed by atoms with Gasteiger partial charge in [0.15, 0.2) is 5.82 Å². The maximum absolute atomic E-state index is 5.30. The average molecular weight is 376 g/mol. The zero-order valence-electron chi connectivity index (χ0n) is 16.2. The van der Waals surface area contributed by atoms with Gasteiger partial charge in [0.05, 0.1) is 23.2 Å². The number of aromatic nitrogens is 4. The summed E-state index contributed by atoms with van der Waals surface area (Å²) >= 11 is 0. The van der Waals surface area contributed by atoms with Gasteiger partial charge in [-0.25, -0.2) is 4.98 Å². The Morgan fingerprint density at radius 2 is 1.96 bits per heavy atom. The highest BCUT2D eigenvalue weighted by atomic mass is 16.5. The van der Waals surface area contributed by atoms with Crippen molar-refractivity contribution in [3.63, 3.8) is 0 Å². The third-order valence-corrected chi connectivity index (χ3v) is 5.54. The van der Waals surface area contributed by atoms with E-state index >= 15 is 0 Å². The zero-order chi connectivity index (χ0) is 19.1. The number of rotatable bonds is 4. The number of imidazole rings is 1. The van der Waals surface area contributed by atoms with Gasteiger partial charge in [0, 0.05) is 49.9 Å². The van der Waals surface area contributed by atoms with Crippen LogP contribution < -0.4 is 4.90 Å². The van der Waals surface area contributed by atoms with Gasteiger partial charge >= 0.3 is 0 Å². The van der Waals surface area contributed by atoms with E-state index < -0.39 is 0 Å². The van der Waals surface area contributed by atoms with Gasteiger partial charge in [0.25, 0.3) is 0 Å². The van der Waals surface area contributed by atoms with Crippen LogP contribution in [0.3, 0.4) is 0 Å². The van der Waals surface area contributed by atoms with Gasteiger partial charge < -0.3 is 19.5 Å². The van der Waals surface area contributed by atoms with Gasteiger partial charge in [-0.05, 0) is 25.2 Å². The first-order valence-corrected chi connectivity index (χ1v) is 9.61. The summed E-state index contributed by atoms with van der Waals surface area (Å²) in [6, 6.07) is 12.6. The molecule has 4 aromatic rings. The smallest absolute Gasteiger partial charge is 0.159 e. The van der Waals surface area contributed by atoms with Crippen LogP contribution in [0.5, 0.6) is 0 Å². The number of nitrogens with one attached hydrogen (secondary N) is 2. The molecule has 28 heavy (non-hydrogen) atoms. The number of aromatic amines is 2. The predicted molar refractivity (Wildman–Crippen MR) is 112 cm³/mol. The molecule has 2 aromatic carbocycles. The molecule has 144 valence electrons. The first-order chi connectivity index (χ1) is 13.7. The molecule has 7 heteroatoms. The van der Waals surface area contributed by atoms with Gasteiger partial charge in [-0.3, -0.25) is 5.10 Å². The Labute approximate surface area is 163 Å². The first-order valence-electron chi connectivity index (χ1n) is 9.61. The molecular formula is C21H24N6O. The van der Waals surface area contributed by atoms with Crippen LogP contribution in [0.1, 0.15) is 5.56 Å². The minimum atomic E-state index is 0.549. The van der Waals surface area contributed by atoms with Crippen molar-refractivity contribution in [2.24, 2.45) is 0 Å². The molecule has 0 spiro atoms. The minimum Gasteiger partial charge on any atom is -0.380 e. The lowest BCUT2D eigenvalue weighted by molar-refractivity contribution is 0.186. The summed E-state index contributed by atoms with van der Waals surface area (Å²) in [6.07, 6.45) is 0. The molecule has 1 aliphatic heterocycles. The lowest BCUT2D eigenvalue weighted by Gasteiger charge is -2.34. The van der Waals surface area contributed by atoms with E-state index in [1.54, 1.807) is 7.11 Å². The van der Waals surface area contributed by atoms with E-state index in [0.29, 0.717) is 6.61 Å². The summed E-state index contributed by atoms with van der Waals surface area (Å²) < 4.78 is 5.30. The summed E-state index contributed by atoms with van der Waals surface area (Å²) in [4.78, 5) is 13.0. The van der Waals surface area contributed by atoms with Crippen LogP contribution in [0.4, 0.5) is 5.69 Å². The van der Waals surface area contributed by atoms with Crippen molar-refractivity contribution < 1.29 is 4.74 Å². The van der Waals surface area contributed by atoms with Gasteiger partial charge in [0.2, 0.25) is 0 Å². The van der Waals surface area contributed by atoms with E-state index in [4.69, 9.17) is 9.72 Å². The summed E-state index contributed by atoms with van der Waals surface area (Å²) in [5.41, 5.74) is 6.16. The number of benzene rings is 2. The van der Waals surface area contributed by atoms with Crippen molar-refractivity contribution in [1.82, 2.24) is 25.1 Å². The molecule has 0 unspecified atom stereocenters. The van der Waals surface area contributed by atoms with Crippen LogP contribution in [0, 0.1) is 0 Å². The molecule has 5 rings (SSSR count). The zero-order valence-corrected chi connectivity index (χ0v) is 16.2. The second-order valence-corrected chi connectivity index (χ2v) is 7.42. The molecule has 0 aliphatic carbocycles. The van der Waals surface area contributed by atoms with Crippen LogP contribution >= 0.6 is 0 Å². The Morgan fingerprint density at radius 3 is 2.79 bits per heavy atom. The summed E-state index contributed by atoms with van der Waals surface area (Å²) in [5.74, 6) is 0.784. The number of hydrogen-bond donors (Lipinski definition) is 2. The number of piperazine rings is 1. The Balaban J connectivity index is 1.52. The van der Waals surface area contributed by atoms with Gasteiger partial charge in [-0.2, -0.15) is 5.10 Å². The van der Waals surface area contributed by atoms with Crippen LogP contribution in [0.15, 0.2) is 36.4 Å². The predicted octanol–water partition coefficient (Wildman–Crippen LogP) is 3.00. The van der Waals surface area contributed by atoms with E-state index in [0.717, 1.165) is 65.2 Å². The Morgan fingerprint density at radius 1 is 1.11 bits per heavy atom. The highest BCUT2D eigenvalue weighted by Crippen LogP contribution is 2.29. The highest BCUT2D eigenvalue weighted by Gasteiger charge is 2.17. The van der Waals surface area contributed by atoms with Crippen LogP contribution in [-0.2, 0) is 11.3 Å². The van der Waals surface area contributed by atoms with Gasteiger partial charge in [0.1, 0.15) is 5.69 Å². The monoisotopic (exact) mass is 376 g/mol. The Kier molecular flexibility index (Phi) is 4.26. The molecule has 0 amide bonds. The molecule has 0 bridgehead atoms. The van der Waals surface area contributed by atoms with Crippen LogP contribution in [0.25, 0.3) is 33.5 Å². The lowest BCUT2D eigenvalue weighted by Crippen LogP contribution is -2.44. The van der Waals surface area contributed by atoms with E-state index in [2.05, 4.69) is 62.4 Å². The van der Waals surface area contributed by atoms with Crippen LogP contribution in [0.2, 0.25) is 0 Å². The van der Waals surface area contributed by atoms with Crippen molar-refractivity contribution in [2.75, 3.05) is 45.2 Å². The number of methoxy groups -OCH3 is 1. The number of anilines is 1. The molecule has 1 fully saturated rings.